The molecule has 0 unspecified atom stereocenters. The quantitative estimate of drug-likeness (QED) is 0.0838. The first-order valence-electron chi connectivity index (χ1n) is 31.8. The van der Waals surface area contributed by atoms with Crippen molar-refractivity contribution < 1.29 is 116 Å². The van der Waals surface area contributed by atoms with Crippen molar-refractivity contribution in [2.45, 2.75) is 123 Å². The molecule has 7 aromatic carbocycles. The van der Waals surface area contributed by atoms with E-state index in [0.717, 1.165) is 118 Å². The summed E-state index contributed by atoms with van der Waals surface area (Å²) in [7, 11) is 0. The Bertz CT molecular complexity index is 5070. The molecule has 0 saturated heterocycles. The van der Waals surface area contributed by atoms with Crippen LogP contribution >= 0.6 is 0 Å². The summed E-state index contributed by atoms with van der Waals surface area (Å²) >= 11 is 0. The number of hydrogen-bond acceptors (Lipinski definition) is 7. The van der Waals surface area contributed by atoms with Gasteiger partial charge in [0.1, 0.15) is 13.3 Å². The number of rotatable bonds is 13. The number of alkyl halides is 5. The molecule has 7 heterocycles. The number of fused-ring (bicyclic) bond motifs is 6. The third-order valence-corrected chi connectivity index (χ3v) is 17.8. The topological polar surface area (TPSA) is 95.7 Å². The summed E-state index contributed by atoms with van der Waals surface area (Å²) < 4.78 is 93.3. The Balaban J connectivity index is 0.000000187. The van der Waals surface area contributed by atoms with E-state index >= 15 is 0 Å². The maximum Gasteiger partial charge on any atom is 0.370 e. The Labute approximate surface area is 633 Å². The minimum atomic E-state index is -4.68. The second-order valence-electron chi connectivity index (χ2n) is 25.6. The van der Waals surface area contributed by atoms with Crippen LogP contribution in [0.25, 0.3) is 60.2 Å². The summed E-state index contributed by atoms with van der Waals surface area (Å²) in [6.07, 6.45) is 4.83. The fraction of sp³-hybridized carbons (Fsp3) is 0.232. The standard InChI is InChI=1S/C26H21FN3.C21H18F4N.C18H18NO.C17H15FNO.4Ir/c1-26(2,24-17-28-16-18(15-27)29-24)21-12-8-14-23-25(21)20-11-6-7-13-22(20)30(23)19-9-4-3-5-10-19;1-4-15-11-13-7-5-6-8-16(13)19(26-15)20(2,3)17-10-9-14(22)12-18(17)21(23,24)25;1-4-15-6-5-7-17(19-15)18(2,3)14-8-9-16-13(12-14)10-11-20-16;1-17(2,16-9-5-6-12(10-18)19-16)14-11-20-15-8-4-3-7-13(14)15;;;;/h3-11,13-14,16-17H,15H2,1-2H3;5-9,11-12H,4H2,1-3H3;5-7,9-12H,4H2,1-3H3;3-9H,10H2,1-2H3;;;;/q4*-1;;;;. The maximum atomic E-state index is 13.5. The van der Waals surface area contributed by atoms with E-state index in [9.17, 15) is 26.3 Å². The van der Waals surface area contributed by atoms with E-state index in [1.807, 2.05) is 124 Å². The summed E-state index contributed by atoms with van der Waals surface area (Å²) in [6.45, 7) is 18.9. The van der Waals surface area contributed by atoms with Crippen molar-refractivity contribution in [3.8, 4) is 5.69 Å². The molecule has 7 aromatic heterocycles. The zero-order valence-corrected chi connectivity index (χ0v) is 66.1. The van der Waals surface area contributed by atoms with Gasteiger partial charge in [-0.25, -0.2) is 8.78 Å². The smallest absolute Gasteiger partial charge is 0.370 e. The molecule has 14 rings (SSSR count). The number of benzene rings is 7. The van der Waals surface area contributed by atoms with Gasteiger partial charge < -0.3 is 13.4 Å². The van der Waals surface area contributed by atoms with Gasteiger partial charge in [0.25, 0.3) is 0 Å². The molecule has 0 aliphatic carbocycles. The van der Waals surface area contributed by atoms with Crippen molar-refractivity contribution in [1.82, 2.24) is 29.5 Å². The predicted molar refractivity (Wildman–Crippen MR) is 369 cm³/mol. The molecule has 524 valence electrons. The van der Waals surface area contributed by atoms with E-state index in [4.69, 9.17) is 13.8 Å². The molecule has 0 fully saturated rings. The van der Waals surface area contributed by atoms with Gasteiger partial charge >= 0.3 is 6.18 Å². The number of aryl methyl sites for hydroxylation is 2. The molecule has 100 heavy (non-hydrogen) atoms. The predicted octanol–water partition coefficient (Wildman–Crippen LogP) is 21.2. The van der Waals surface area contributed by atoms with E-state index in [1.165, 1.54) is 6.20 Å². The summed E-state index contributed by atoms with van der Waals surface area (Å²) in [6, 6.07) is 68.6. The molecular weight excluding hydrogens is 1980 g/mol. The van der Waals surface area contributed by atoms with Gasteiger partial charge in [-0.3, -0.25) is 29.3 Å². The van der Waals surface area contributed by atoms with Crippen LogP contribution in [0.2, 0.25) is 0 Å². The van der Waals surface area contributed by atoms with Gasteiger partial charge in [0.05, 0.1) is 35.2 Å². The van der Waals surface area contributed by atoms with Crippen LogP contribution in [-0.4, -0.2) is 29.5 Å². The normalized spacial score (nSPS) is 11.6. The molecule has 0 amide bonds. The van der Waals surface area contributed by atoms with Crippen molar-refractivity contribution in [1.29, 1.82) is 0 Å². The fourth-order valence-electron chi connectivity index (χ4n) is 12.3. The second-order valence-corrected chi connectivity index (χ2v) is 25.6. The number of nitrogens with zero attached hydrogens (tertiary/aromatic N) is 6. The van der Waals surface area contributed by atoms with Crippen molar-refractivity contribution in [2.75, 3.05) is 0 Å². The Morgan fingerprint density at radius 2 is 1.08 bits per heavy atom. The average Bonchev–Trinajstić information content (AvgIpc) is 1.37. The van der Waals surface area contributed by atoms with E-state index in [0.29, 0.717) is 29.6 Å². The minimum absolute atomic E-state index is 0. The first-order chi connectivity index (χ1) is 46.0. The summed E-state index contributed by atoms with van der Waals surface area (Å²) in [5.41, 5.74) is 10.7. The van der Waals surface area contributed by atoms with Crippen LogP contribution in [0.4, 0.5) is 26.3 Å². The van der Waals surface area contributed by atoms with Gasteiger partial charge in [-0.05, 0) is 95.6 Å². The summed E-state index contributed by atoms with van der Waals surface area (Å²) in [5, 5.41) is 6.11. The average molecular weight is 2060 g/mol. The van der Waals surface area contributed by atoms with E-state index in [-0.39, 0.29) is 91.4 Å². The van der Waals surface area contributed by atoms with Crippen LogP contribution in [0.3, 0.4) is 0 Å². The third-order valence-electron chi connectivity index (χ3n) is 17.8. The van der Waals surface area contributed by atoms with Gasteiger partial charge in [-0.1, -0.05) is 177 Å². The molecule has 18 heteroatoms. The van der Waals surface area contributed by atoms with Gasteiger partial charge in [0, 0.05) is 159 Å². The number of furan rings is 2. The van der Waals surface area contributed by atoms with Gasteiger partial charge in [0.2, 0.25) is 0 Å². The van der Waals surface area contributed by atoms with Crippen LogP contribution in [0.5, 0.6) is 0 Å². The van der Waals surface area contributed by atoms with Crippen molar-refractivity contribution in [3.63, 3.8) is 0 Å². The van der Waals surface area contributed by atoms with Gasteiger partial charge in [0.15, 0.2) is 0 Å². The SMILES string of the molecule is CC(C)(c1cccc(CF)n1)c1[c-]oc2ccccc12.CC(C)(c1cncc(CF)n1)c1[c-]ccc2c1c1ccccc1n2-c1ccccc1.CCc1cc2ccccc2c(C(C)(C)c2[c-]cc(F)cc2C(F)(F)F)n1.CCc1cccc(C(C)(C)c2[c-]cc3occc3c2)n1.[Ir].[Ir].[Ir].[Ir]. The van der Waals surface area contributed by atoms with Crippen molar-refractivity contribution >= 4 is 54.5 Å². The minimum Gasteiger partial charge on any atom is -0.591 e. The van der Waals surface area contributed by atoms with Crippen molar-refractivity contribution in [2.24, 2.45) is 0 Å². The van der Waals surface area contributed by atoms with Crippen molar-refractivity contribution in [3.05, 3.63) is 310 Å². The molecule has 0 N–H and O–H groups in total. The molecule has 4 radical (unpaired) electrons. The first-order valence-corrected chi connectivity index (χ1v) is 31.8. The Hall–Kier alpha value is -7.61. The summed E-state index contributed by atoms with van der Waals surface area (Å²) in [4.78, 5) is 22.5. The molecule has 0 spiro atoms. The van der Waals surface area contributed by atoms with E-state index < -0.39 is 47.2 Å². The Kier molecular flexibility index (Phi) is 26.7. The molecule has 8 nitrogen and oxygen atoms in total. The largest absolute Gasteiger partial charge is 0.591 e. The third kappa shape index (κ3) is 16.6. The molecular formula is C82H72F6Ir4N6O2-4. The number of para-hydroxylation sites is 3. The van der Waals surface area contributed by atoms with Crippen LogP contribution < -0.4 is 0 Å². The number of pyridine rings is 3. The molecule has 14 aromatic rings. The fourth-order valence-corrected chi connectivity index (χ4v) is 12.3. The first kappa shape index (κ1) is 79.7. The second kappa shape index (κ2) is 33.5. The van der Waals surface area contributed by atoms with Crippen LogP contribution in [0, 0.1) is 30.3 Å². The number of aromatic nitrogens is 6. The molecule has 0 atom stereocenters. The Morgan fingerprint density at radius 1 is 0.470 bits per heavy atom. The van der Waals surface area contributed by atoms with E-state index in [2.05, 4.69) is 150 Å². The van der Waals surface area contributed by atoms with Crippen LogP contribution in [-0.2, 0) is 134 Å². The Morgan fingerprint density at radius 3 is 1.77 bits per heavy atom. The maximum absolute atomic E-state index is 13.5. The zero-order valence-electron chi connectivity index (χ0n) is 56.6. The van der Waals surface area contributed by atoms with Crippen LogP contribution in [0.1, 0.15) is 143 Å². The summed E-state index contributed by atoms with van der Waals surface area (Å²) in [5.74, 6) is -0.961. The monoisotopic (exact) mass is 2060 g/mol. The zero-order chi connectivity index (χ0) is 68.2. The number of halogens is 6. The van der Waals surface area contributed by atoms with Crippen LogP contribution in [0.15, 0.2) is 216 Å². The van der Waals surface area contributed by atoms with Gasteiger partial charge in [-0.15, -0.1) is 58.0 Å². The number of hydrogen-bond donors (Lipinski definition) is 0. The molecule has 0 aliphatic rings. The van der Waals surface area contributed by atoms with E-state index in [1.54, 1.807) is 32.4 Å². The molecule has 0 bridgehead atoms. The van der Waals surface area contributed by atoms with Gasteiger partial charge in [-0.2, -0.15) is 43.5 Å². The molecule has 0 saturated carbocycles. The molecule has 0 aliphatic heterocycles.